The second-order valence-electron chi connectivity index (χ2n) is 6.62. The largest absolute Gasteiger partial charge is 0.452 e. The van der Waals surface area contributed by atoms with Crippen LogP contribution in [0.15, 0.2) is 48.5 Å². The Morgan fingerprint density at radius 2 is 2.03 bits per heavy atom. The molecule has 0 radical (unpaired) electrons. The lowest BCUT2D eigenvalue weighted by atomic mass is 10.2. The number of esters is 1. The van der Waals surface area contributed by atoms with E-state index in [-0.39, 0.29) is 16.6 Å². The minimum atomic E-state index is -0.796. The first-order valence-electron chi connectivity index (χ1n) is 9.33. The van der Waals surface area contributed by atoms with Crippen LogP contribution in [-0.2, 0) is 19.1 Å². The number of halogens is 1. The molecule has 0 bridgehead atoms. The summed E-state index contributed by atoms with van der Waals surface area (Å²) in [6.45, 7) is 0.0422. The molecule has 2 amide bonds. The van der Waals surface area contributed by atoms with Crippen molar-refractivity contribution in [1.29, 1.82) is 0 Å². The molecule has 0 saturated carbocycles. The van der Waals surface area contributed by atoms with Crippen molar-refractivity contribution in [2.75, 3.05) is 23.4 Å². The number of nitrogens with zero attached hydrogens (tertiary/aromatic N) is 2. The fraction of sp³-hybridized carbons (Fsp3) is 0.190. The van der Waals surface area contributed by atoms with Crippen LogP contribution in [0.5, 0.6) is 0 Å². The zero-order valence-electron chi connectivity index (χ0n) is 16.2. The summed E-state index contributed by atoms with van der Waals surface area (Å²) in [5.41, 5.74) is 1.13. The van der Waals surface area contributed by atoms with Gasteiger partial charge in [-0.25, -0.2) is 4.79 Å². The van der Waals surface area contributed by atoms with Crippen molar-refractivity contribution in [1.82, 2.24) is 0 Å². The van der Waals surface area contributed by atoms with E-state index in [4.69, 9.17) is 16.3 Å². The van der Waals surface area contributed by atoms with E-state index in [0.29, 0.717) is 29.9 Å². The number of nitrogens with one attached hydrogen (secondary N) is 1. The molecular weight excluding hydrogens is 426 g/mol. The van der Waals surface area contributed by atoms with Gasteiger partial charge in [-0.3, -0.25) is 19.7 Å². The van der Waals surface area contributed by atoms with Crippen LogP contribution >= 0.6 is 11.6 Å². The summed E-state index contributed by atoms with van der Waals surface area (Å²) in [5.74, 6) is -1.38. The molecule has 3 rings (SSSR count). The Morgan fingerprint density at radius 3 is 2.74 bits per heavy atom. The Bertz CT molecular complexity index is 1070. The van der Waals surface area contributed by atoms with Gasteiger partial charge in [0.05, 0.1) is 16.3 Å². The molecule has 0 aliphatic carbocycles. The SMILES string of the molecule is O=C(COC(=O)/C=C/c1ccc(Cl)c([N+](=O)[O-])c1)Nc1ccccc1N1CCCC1=O. The lowest BCUT2D eigenvalue weighted by Gasteiger charge is -2.19. The van der Waals surface area contributed by atoms with Crippen LogP contribution in [0.1, 0.15) is 18.4 Å². The molecule has 1 fully saturated rings. The average Bonchev–Trinajstić information content (AvgIpc) is 3.17. The number of hydrogen-bond donors (Lipinski definition) is 1. The van der Waals surface area contributed by atoms with Crippen LogP contribution in [-0.4, -0.2) is 35.9 Å². The number of ether oxygens (including phenoxy) is 1. The van der Waals surface area contributed by atoms with Crippen molar-refractivity contribution in [3.05, 3.63) is 69.2 Å². The van der Waals surface area contributed by atoms with Gasteiger partial charge in [-0.2, -0.15) is 0 Å². The number of anilines is 2. The number of carbonyl (C=O) groups excluding carboxylic acids is 3. The highest BCUT2D eigenvalue weighted by Crippen LogP contribution is 2.29. The molecule has 9 nitrogen and oxygen atoms in total. The Hall–Kier alpha value is -3.72. The minimum absolute atomic E-state index is 0.0132. The van der Waals surface area contributed by atoms with Crippen LogP contribution in [0, 0.1) is 10.1 Å². The van der Waals surface area contributed by atoms with Gasteiger partial charge in [0.2, 0.25) is 5.91 Å². The fourth-order valence-electron chi connectivity index (χ4n) is 3.03. The van der Waals surface area contributed by atoms with E-state index in [2.05, 4.69) is 5.32 Å². The quantitative estimate of drug-likeness (QED) is 0.302. The monoisotopic (exact) mass is 443 g/mol. The minimum Gasteiger partial charge on any atom is -0.452 e. The van der Waals surface area contributed by atoms with Crippen LogP contribution in [0.4, 0.5) is 17.1 Å². The highest BCUT2D eigenvalue weighted by molar-refractivity contribution is 6.32. The highest BCUT2D eigenvalue weighted by atomic mass is 35.5. The molecule has 1 N–H and O–H groups in total. The number of hydrogen-bond acceptors (Lipinski definition) is 6. The summed E-state index contributed by atoms with van der Waals surface area (Å²) in [6.07, 6.45) is 3.58. The van der Waals surface area contributed by atoms with Gasteiger partial charge in [0.1, 0.15) is 5.02 Å². The molecule has 0 spiro atoms. The first-order chi connectivity index (χ1) is 14.8. The van der Waals surface area contributed by atoms with E-state index in [0.717, 1.165) is 12.5 Å². The fourth-order valence-corrected chi connectivity index (χ4v) is 3.21. The standard InChI is InChI=1S/C21H18ClN3O6/c22-15-9-7-14(12-18(15)25(29)30)8-10-21(28)31-13-19(26)23-16-4-1-2-5-17(16)24-11-3-6-20(24)27/h1-2,4-5,7-10,12H,3,6,11,13H2,(H,23,26)/b10-8+. The molecule has 1 aliphatic heterocycles. The van der Waals surface area contributed by atoms with Gasteiger partial charge in [-0.15, -0.1) is 0 Å². The van der Waals surface area contributed by atoms with Gasteiger partial charge in [0.15, 0.2) is 6.61 Å². The zero-order valence-corrected chi connectivity index (χ0v) is 17.0. The van der Waals surface area contributed by atoms with E-state index in [1.807, 2.05) is 0 Å². The van der Waals surface area contributed by atoms with Crippen LogP contribution in [0.2, 0.25) is 5.02 Å². The van der Waals surface area contributed by atoms with Crippen molar-refractivity contribution >= 4 is 52.5 Å². The molecule has 10 heteroatoms. The molecule has 160 valence electrons. The van der Waals surface area contributed by atoms with E-state index >= 15 is 0 Å². The van der Waals surface area contributed by atoms with Crippen molar-refractivity contribution in [3.8, 4) is 0 Å². The van der Waals surface area contributed by atoms with E-state index in [1.54, 1.807) is 29.2 Å². The first-order valence-corrected chi connectivity index (χ1v) is 9.71. The number of para-hydroxylation sites is 2. The maximum Gasteiger partial charge on any atom is 0.331 e. The predicted molar refractivity (Wildman–Crippen MR) is 115 cm³/mol. The van der Waals surface area contributed by atoms with E-state index in [9.17, 15) is 24.5 Å². The molecule has 1 saturated heterocycles. The molecular formula is C21H18ClN3O6. The van der Waals surface area contributed by atoms with Gasteiger partial charge in [-0.1, -0.05) is 29.8 Å². The van der Waals surface area contributed by atoms with E-state index in [1.165, 1.54) is 24.3 Å². The van der Waals surface area contributed by atoms with Crippen molar-refractivity contribution in [2.45, 2.75) is 12.8 Å². The number of benzene rings is 2. The Labute approximate surface area is 182 Å². The smallest absolute Gasteiger partial charge is 0.331 e. The third-order valence-corrected chi connectivity index (χ3v) is 4.79. The van der Waals surface area contributed by atoms with Gasteiger partial charge in [0, 0.05) is 25.1 Å². The number of amides is 2. The molecule has 0 unspecified atom stereocenters. The molecule has 1 aliphatic rings. The van der Waals surface area contributed by atoms with Gasteiger partial charge in [0.25, 0.3) is 11.6 Å². The Morgan fingerprint density at radius 1 is 1.26 bits per heavy atom. The van der Waals surface area contributed by atoms with Gasteiger partial charge < -0.3 is 15.0 Å². The molecule has 1 heterocycles. The summed E-state index contributed by atoms with van der Waals surface area (Å²) < 4.78 is 4.91. The normalized spacial score (nSPS) is 13.5. The number of nitro benzene ring substituents is 1. The van der Waals surface area contributed by atoms with Crippen molar-refractivity contribution < 1.29 is 24.0 Å². The Kier molecular flexibility index (Phi) is 6.99. The number of carbonyl (C=O) groups is 3. The summed E-state index contributed by atoms with van der Waals surface area (Å²) in [5, 5.41) is 13.5. The zero-order chi connectivity index (χ0) is 22.4. The van der Waals surface area contributed by atoms with Crippen LogP contribution in [0.3, 0.4) is 0 Å². The van der Waals surface area contributed by atoms with Gasteiger partial charge in [-0.05, 0) is 36.3 Å². The molecule has 2 aromatic rings. The maximum absolute atomic E-state index is 12.2. The summed E-state index contributed by atoms with van der Waals surface area (Å²) >= 11 is 5.74. The second kappa shape index (κ2) is 9.86. The number of rotatable bonds is 7. The van der Waals surface area contributed by atoms with Crippen molar-refractivity contribution in [3.63, 3.8) is 0 Å². The molecule has 0 aromatic heterocycles. The highest BCUT2D eigenvalue weighted by Gasteiger charge is 2.24. The summed E-state index contributed by atoms with van der Waals surface area (Å²) in [6, 6.07) is 11.0. The maximum atomic E-state index is 12.2. The lowest BCUT2D eigenvalue weighted by Crippen LogP contribution is -2.26. The third kappa shape index (κ3) is 5.67. The number of nitro groups is 1. The van der Waals surface area contributed by atoms with Crippen LogP contribution in [0.25, 0.3) is 6.08 Å². The molecule has 31 heavy (non-hydrogen) atoms. The van der Waals surface area contributed by atoms with Crippen molar-refractivity contribution in [2.24, 2.45) is 0 Å². The van der Waals surface area contributed by atoms with Gasteiger partial charge >= 0.3 is 5.97 Å². The summed E-state index contributed by atoms with van der Waals surface area (Å²) in [7, 11) is 0. The first kappa shape index (κ1) is 22.0. The average molecular weight is 444 g/mol. The van der Waals surface area contributed by atoms with E-state index < -0.39 is 23.4 Å². The molecule has 2 aromatic carbocycles. The second-order valence-corrected chi connectivity index (χ2v) is 7.03. The topological polar surface area (TPSA) is 119 Å². The third-order valence-electron chi connectivity index (χ3n) is 4.47. The lowest BCUT2D eigenvalue weighted by molar-refractivity contribution is -0.384. The molecule has 0 atom stereocenters. The van der Waals surface area contributed by atoms with Crippen LogP contribution < -0.4 is 10.2 Å². The Balaban J connectivity index is 1.56. The predicted octanol–water partition coefficient (Wildman–Crippen LogP) is 3.57. The summed E-state index contributed by atoms with van der Waals surface area (Å²) in [4.78, 5) is 47.9.